The molecule has 2 heterocycles. The smallest absolute Gasteiger partial charge is 0.0270 e. The molecule has 0 radical (unpaired) electrons. The quantitative estimate of drug-likeness (QED) is 0.858. The van der Waals surface area contributed by atoms with Gasteiger partial charge in [-0.05, 0) is 57.1 Å². The number of pyridine rings is 1. The predicted molar refractivity (Wildman–Crippen MR) is 71.1 cm³/mol. The zero-order valence-corrected chi connectivity index (χ0v) is 10.9. The van der Waals surface area contributed by atoms with Crippen LogP contribution >= 0.6 is 0 Å². The fourth-order valence-electron chi connectivity index (χ4n) is 2.92. The van der Waals surface area contributed by atoms with Crippen LogP contribution in [0.3, 0.4) is 0 Å². The van der Waals surface area contributed by atoms with E-state index in [0.29, 0.717) is 5.92 Å². The van der Waals surface area contributed by atoms with Crippen LogP contribution in [-0.2, 0) is 0 Å². The largest absolute Gasteiger partial charge is 0.319 e. The van der Waals surface area contributed by atoms with Crippen molar-refractivity contribution >= 4 is 0 Å². The number of hydrogen-bond donors (Lipinski definition) is 1. The SMILES string of the molecule is CNCC(c1ccncc1)C1CCCN(C)C1. The Hall–Kier alpha value is -0.930. The lowest BCUT2D eigenvalue weighted by atomic mass is 9.81. The predicted octanol–water partition coefficient (Wildman–Crippen LogP) is 1.73. The summed E-state index contributed by atoms with van der Waals surface area (Å²) in [5, 5.41) is 3.34. The minimum atomic E-state index is 0.616. The third-order valence-corrected chi connectivity index (χ3v) is 3.79. The van der Waals surface area contributed by atoms with Gasteiger partial charge in [-0.15, -0.1) is 0 Å². The minimum Gasteiger partial charge on any atom is -0.319 e. The summed E-state index contributed by atoms with van der Waals surface area (Å²) in [4.78, 5) is 6.57. The van der Waals surface area contributed by atoms with Crippen LogP contribution in [0.15, 0.2) is 24.5 Å². The Bertz CT molecular complexity index is 325. The highest BCUT2D eigenvalue weighted by Crippen LogP contribution is 2.30. The van der Waals surface area contributed by atoms with Crippen LogP contribution < -0.4 is 5.32 Å². The average Bonchev–Trinajstić information content (AvgIpc) is 2.37. The summed E-state index contributed by atoms with van der Waals surface area (Å²) in [5.74, 6) is 1.38. The molecule has 1 N–H and O–H groups in total. The normalized spacial score (nSPS) is 23.5. The van der Waals surface area contributed by atoms with E-state index in [4.69, 9.17) is 0 Å². The molecule has 0 bridgehead atoms. The van der Waals surface area contributed by atoms with Crippen molar-refractivity contribution in [3.05, 3.63) is 30.1 Å². The van der Waals surface area contributed by atoms with Gasteiger partial charge in [-0.3, -0.25) is 4.98 Å². The Kier molecular flexibility index (Phi) is 4.51. The van der Waals surface area contributed by atoms with Gasteiger partial charge in [-0.1, -0.05) is 0 Å². The Morgan fingerprint density at radius 1 is 1.47 bits per heavy atom. The Morgan fingerprint density at radius 3 is 2.88 bits per heavy atom. The molecular weight excluding hydrogens is 210 g/mol. The molecule has 17 heavy (non-hydrogen) atoms. The van der Waals surface area contributed by atoms with Crippen LogP contribution in [0.2, 0.25) is 0 Å². The number of likely N-dealkylation sites (N-methyl/N-ethyl adjacent to an activating group) is 1. The van der Waals surface area contributed by atoms with Gasteiger partial charge in [0.15, 0.2) is 0 Å². The molecular formula is C14H23N3. The highest BCUT2D eigenvalue weighted by molar-refractivity contribution is 5.18. The Morgan fingerprint density at radius 2 is 2.24 bits per heavy atom. The summed E-state index contributed by atoms with van der Waals surface area (Å²) in [5.41, 5.74) is 1.43. The molecule has 2 rings (SSSR count). The number of hydrogen-bond acceptors (Lipinski definition) is 3. The Balaban J connectivity index is 2.11. The highest BCUT2D eigenvalue weighted by Gasteiger charge is 2.26. The van der Waals surface area contributed by atoms with Gasteiger partial charge in [-0.2, -0.15) is 0 Å². The lowest BCUT2D eigenvalue weighted by molar-refractivity contribution is 0.186. The van der Waals surface area contributed by atoms with Gasteiger partial charge < -0.3 is 10.2 Å². The van der Waals surface area contributed by atoms with Gasteiger partial charge in [0.1, 0.15) is 0 Å². The van der Waals surface area contributed by atoms with Crippen molar-refractivity contribution in [3.8, 4) is 0 Å². The van der Waals surface area contributed by atoms with Crippen molar-refractivity contribution in [2.24, 2.45) is 5.92 Å². The second-order valence-electron chi connectivity index (χ2n) is 5.11. The van der Waals surface area contributed by atoms with Gasteiger partial charge in [0, 0.05) is 31.4 Å². The van der Waals surface area contributed by atoms with E-state index in [2.05, 4.69) is 34.4 Å². The maximum absolute atomic E-state index is 4.12. The summed E-state index contributed by atoms with van der Waals surface area (Å²) in [6.07, 6.45) is 6.49. The summed E-state index contributed by atoms with van der Waals surface area (Å²) < 4.78 is 0. The molecule has 0 aliphatic carbocycles. The molecule has 1 aromatic heterocycles. The van der Waals surface area contributed by atoms with Crippen LogP contribution in [-0.4, -0.2) is 43.6 Å². The molecule has 2 unspecified atom stereocenters. The van der Waals surface area contributed by atoms with E-state index in [1.807, 2.05) is 19.4 Å². The van der Waals surface area contributed by atoms with Crippen LogP contribution in [0.25, 0.3) is 0 Å². The minimum absolute atomic E-state index is 0.616. The van der Waals surface area contributed by atoms with Crippen LogP contribution in [0.4, 0.5) is 0 Å². The van der Waals surface area contributed by atoms with Gasteiger partial charge >= 0.3 is 0 Å². The molecule has 3 nitrogen and oxygen atoms in total. The van der Waals surface area contributed by atoms with E-state index in [0.717, 1.165) is 12.5 Å². The van der Waals surface area contributed by atoms with Gasteiger partial charge in [0.05, 0.1) is 0 Å². The summed E-state index contributed by atoms with van der Waals surface area (Å²) >= 11 is 0. The summed E-state index contributed by atoms with van der Waals surface area (Å²) in [6, 6.07) is 4.33. The number of nitrogens with one attached hydrogen (secondary N) is 1. The second-order valence-corrected chi connectivity index (χ2v) is 5.11. The van der Waals surface area contributed by atoms with Gasteiger partial charge in [0.2, 0.25) is 0 Å². The fraction of sp³-hybridized carbons (Fsp3) is 0.643. The zero-order chi connectivity index (χ0) is 12.1. The first kappa shape index (κ1) is 12.5. The van der Waals surface area contributed by atoms with Gasteiger partial charge in [-0.25, -0.2) is 0 Å². The molecule has 1 fully saturated rings. The van der Waals surface area contributed by atoms with Crippen LogP contribution in [0.5, 0.6) is 0 Å². The maximum Gasteiger partial charge on any atom is 0.0270 e. The monoisotopic (exact) mass is 233 g/mol. The van der Waals surface area contributed by atoms with Gasteiger partial charge in [0.25, 0.3) is 0 Å². The van der Waals surface area contributed by atoms with Crippen LogP contribution in [0.1, 0.15) is 24.3 Å². The first-order valence-corrected chi connectivity index (χ1v) is 6.54. The molecule has 0 spiro atoms. The van der Waals surface area contributed by atoms with Crippen molar-refractivity contribution in [1.29, 1.82) is 0 Å². The van der Waals surface area contributed by atoms with E-state index in [1.54, 1.807) is 0 Å². The third kappa shape index (κ3) is 3.27. The molecule has 2 atom stereocenters. The van der Waals surface area contributed by atoms with E-state index in [-0.39, 0.29) is 0 Å². The molecule has 0 aromatic carbocycles. The summed E-state index contributed by atoms with van der Waals surface area (Å²) in [7, 11) is 4.27. The Labute approximate surface area is 104 Å². The molecule has 0 saturated carbocycles. The van der Waals surface area contributed by atoms with Crippen molar-refractivity contribution in [3.63, 3.8) is 0 Å². The lowest BCUT2D eigenvalue weighted by Gasteiger charge is -2.35. The second kappa shape index (κ2) is 6.12. The zero-order valence-electron chi connectivity index (χ0n) is 10.9. The van der Waals surface area contributed by atoms with Crippen LogP contribution in [0, 0.1) is 5.92 Å². The summed E-state index contributed by atoms with van der Waals surface area (Å²) in [6.45, 7) is 3.52. The van der Waals surface area contributed by atoms with E-state index >= 15 is 0 Å². The maximum atomic E-state index is 4.12. The number of aromatic nitrogens is 1. The van der Waals surface area contributed by atoms with Crippen molar-refractivity contribution in [1.82, 2.24) is 15.2 Å². The molecule has 1 aliphatic rings. The number of piperidine rings is 1. The lowest BCUT2D eigenvalue weighted by Crippen LogP contribution is -2.37. The number of nitrogens with zero attached hydrogens (tertiary/aromatic N) is 2. The first-order chi connectivity index (χ1) is 8.31. The average molecular weight is 233 g/mol. The fourth-order valence-corrected chi connectivity index (χ4v) is 2.92. The topological polar surface area (TPSA) is 28.2 Å². The molecule has 1 saturated heterocycles. The highest BCUT2D eigenvalue weighted by atomic mass is 15.1. The van der Waals surface area contributed by atoms with E-state index in [9.17, 15) is 0 Å². The first-order valence-electron chi connectivity index (χ1n) is 6.54. The van der Waals surface area contributed by atoms with E-state index in [1.165, 1.54) is 31.5 Å². The van der Waals surface area contributed by atoms with Crippen molar-refractivity contribution in [2.45, 2.75) is 18.8 Å². The van der Waals surface area contributed by atoms with Crippen molar-refractivity contribution in [2.75, 3.05) is 33.7 Å². The standard InChI is InChI=1S/C14H23N3/c1-15-10-14(12-5-7-16-8-6-12)13-4-3-9-17(2)11-13/h5-8,13-15H,3-4,9-11H2,1-2H3. The number of rotatable bonds is 4. The number of likely N-dealkylation sites (tertiary alicyclic amines) is 1. The molecule has 3 heteroatoms. The molecule has 94 valence electrons. The van der Waals surface area contributed by atoms with Crippen molar-refractivity contribution < 1.29 is 0 Å². The molecule has 1 aromatic rings. The third-order valence-electron chi connectivity index (χ3n) is 3.79. The molecule has 1 aliphatic heterocycles. The molecule has 0 amide bonds. The van der Waals surface area contributed by atoms with E-state index < -0.39 is 0 Å².